The van der Waals surface area contributed by atoms with Crippen LogP contribution in [0.2, 0.25) is 0 Å². The number of rotatable bonds is 7. The van der Waals surface area contributed by atoms with Crippen molar-refractivity contribution in [2.24, 2.45) is 4.99 Å². The van der Waals surface area contributed by atoms with Gasteiger partial charge in [0.15, 0.2) is 11.6 Å². The monoisotopic (exact) mass is 415 g/mol. The standard InChI is InChI=1S/C21H18F2N2O3S/c22-18-11-10-16(14-19(18)23)29(27,28)25-20-9-5-4-8-17(20)21(26)24-13-12-15-6-2-1-3-7-15/h1-11,14,25H,12-13H2,(H,24,26)/p-1. The van der Waals surface area contributed by atoms with E-state index < -0.39 is 32.5 Å². The zero-order valence-corrected chi connectivity index (χ0v) is 16.0. The van der Waals surface area contributed by atoms with Crippen LogP contribution < -0.4 is 9.83 Å². The van der Waals surface area contributed by atoms with Gasteiger partial charge in [-0.1, -0.05) is 48.5 Å². The molecular formula is C21H17F2N2O3S-. The summed E-state index contributed by atoms with van der Waals surface area (Å²) in [5, 5.41) is 12.5. The normalized spacial score (nSPS) is 12.0. The average Bonchev–Trinajstić information content (AvgIpc) is 2.71. The number of nitrogens with one attached hydrogen (secondary N) is 1. The fourth-order valence-electron chi connectivity index (χ4n) is 2.62. The van der Waals surface area contributed by atoms with E-state index in [9.17, 15) is 22.3 Å². The molecule has 0 atom stereocenters. The van der Waals surface area contributed by atoms with Gasteiger partial charge in [-0.05, 0) is 42.1 Å². The van der Waals surface area contributed by atoms with Crippen LogP contribution in [0.3, 0.4) is 0 Å². The summed E-state index contributed by atoms with van der Waals surface area (Å²) in [4.78, 5) is 3.54. The van der Waals surface area contributed by atoms with Crippen LogP contribution in [0.25, 0.3) is 0 Å². The maximum Gasteiger partial charge on any atom is 0.262 e. The molecule has 1 N–H and O–H groups in total. The highest BCUT2D eigenvalue weighted by Gasteiger charge is 2.18. The zero-order valence-electron chi connectivity index (χ0n) is 15.2. The van der Waals surface area contributed by atoms with Gasteiger partial charge in [0.25, 0.3) is 10.0 Å². The number of nitrogens with zero attached hydrogens (tertiary/aromatic N) is 1. The summed E-state index contributed by atoms with van der Waals surface area (Å²) in [5.41, 5.74) is 1.09. The van der Waals surface area contributed by atoms with Crippen LogP contribution in [0.4, 0.5) is 14.5 Å². The molecule has 3 aromatic carbocycles. The molecule has 29 heavy (non-hydrogen) atoms. The van der Waals surface area contributed by atoms with Gasteiger partial charge in [-0.25, -0.2) is 17.2 Å². The summed E-state index contributed by atoms with van der Waals surface area (Å²) >= 11 is 0. The van der Waals surface area contributed by atoms with Crippen molar-refractivity contribution >= 4 is 21.6 Å². The Balaban J connectivity index is 1.80. The predicted octanol–water partition coefficient (Wildman–Crippen LogP) is 3.12. The Morgan fingerprint density at radius 3 is 2.34 bits per heavy atom. The Morgan fingerprint density at radius 1 is 0.931 bits per heavy atom. The fourth-order valence-corrected chi connectivity index (χ4v) is 3.71. The second-order valence-corrected chi connectivity index (χ2v) is 7.83. The highest BCUT2D eigenvalue weighted by molar-refractivity contribution is 7.92. The summed E-state index contributed by atoms with van der Waals surface area (Å²) in [6, 6.07) is 17.7. The first-order valence-electron chi connectivity index (χ1n) is 8.69. The molecule has 0 heterocycles. The molecule has 3 aromatic rings. The first-order chi connectivity index (χ1) is 13.9. The molecule has 0 unspecified atom stereocenters. The summed E-state index contributed by atoms with van der Waals surface area (Å²) in [6.45, 7) is 0.243. The molecule has 0 aliphatic heterocycles. The molecule has 0 spiro atoms. The highest BCUT2D eigenvalue weighted by Crippen LogP contribution is 2.21. The van der Waals surface area contributed by atoms with Gasteiger partial charge in [-0.3, -0.25) is 4.72 Å². The maximum atomic E-state index is 13.4. The molecule has 0 bridgehead atoms. The summed E-state index contributed by atoms with van der Waals surface area (Å²) in [5.74, 6) is -3.02. The van der Waals surface area contributed by atoms with E-state index in [-0.39, 0.29) is 17.8 Å². The Kier molecular flexibility index (Phi) is 6.23. The first-order valence-corrected chi connectivity index (χ1v) is 10.2. The Morgan fingerprint density at radius 2 is 1.62 bits per heavy atom. The molecule has 5 nitrogen and oxygen atoms in total. The lowest BCUT2D eigenvalue weighted by Gasteiger charge is -2.17. The first kappa shape index (κ1) is 20.5. The second-order valence-electron chi connectivity index (χ2n) is 6.15. The van der Waals surface area contributed by atoms with Crippen LogP contribution in [0.5, 0.6) is 0 Å². The van der Waals surface area contributed by atoms with E-state index in [0.717, 1.165) is 17.7 Å². The van der Waals surface area contributed by atoms with Crippen molar-refractivity contribution in [2.75, 3.05) is 11.3 Å². The van der Waals surface area contributed by atoms with Crippen molar-refractivity contribution in [3.63, 3.8) is 0 Å². The van der Waals surface area contributed by atoms with Crippen molar-refractivity contribution in [3.8, 4) is 0 Å². The van der Waals surface area contributed by atoms with Gasteiger partial charge < -0.3 is 10.1 Å². The third-order valence-corrected chi connectivity index (χ3v) is 5.47. The second kappa shape index (κ2) is 8.83. The molecular weight excluding hydrogens is 398 g/mol. The molecule has 0 aliphatic rings. The SMILES string of the molecule is O=S(=O)(Nc1ccccc1C([O-])=NCCc1ccccc1)c1ccc(F)c(F)c1. The van der Waals surface area contributed by atoms with Gasteiger partial charge in [0, 0.05) is 12.1 Å². The Bertz CT molecular complexity index is 1130. The van der Waals surface area contributed by atoms with Crippen molar-refractivity contribution < 1.29 is 22.3 Å². The molecule has 0 saturated heterocycles. The fraction of sp³-hybridized carbons (Fsp3) is 0.0952. The largest absolute Gasteiger partial charge is 0.858 e. The number of anilines is 1. The zero-order chi connectivity index (χ0) is 20.9. The van der Waals surface area contributed by atoms with Crippen LogP contribution in [0.1, 0.15) is 11.1 Å². The Labute approximate surface area is 167 Å². The molecule has 0 amide bonds. The van der Waals surface area contributed by atoms with E-state index in [2.05, 4.69) is 9.71 Å². The van der Waals surface area contributed by atoms with Crippen molar-refractivity contribution in [1.29, 1.82) is 0 Å². The van der Waals surface area contributed by atoms with E-state index in [1.807, 2.05) is 30.3 Å². The minimum atomic E-state index is -4.22. The third-order valence-electron chi connectivity index (χ3n) is 4.10. The van der Waals surface area contributed by atoms with Crippen molar-refractivity contribution in [1.82, 2.24) is 0 Å². The number of hydrogen-bond acceptors (Lipinski definition) is 4. The van der Waals surface area contributed by atoms with E-state index in [0.29, 0.717) is 12.5 Å². The number of benzene rings is 3. The Hall–Kier alpha value is -3.26. The van der Waals surface area contributed by atoms with Gasteiger partial charge in [0.1, 0.15) is 0 Å². The average molecular weight is 415 g/mol. The molecule has 0 aliphatic carbocycles. The molecule has 0 fully saturated rings. The predicted molar refractivity (Wildman–Crippen MR) is 105 cm³/mol. The topological polar surface area (TPSA) is 81.6 Å². The lowest BCUT2D eigenvalue weighted by Crippen LogP contribution is -2.23. The number of para-hydroxylation sites is 1. The van der Waals surface area contributed by atoms with E-state index in [1.54, 1.807) is 12.1 Å². The van der Waals surface area contributed by atoms with Gasteiger partial charge in [-0.15, -0.1) is 0 Å². The maximum absolute atomic E-state index is 13.4. The minimum absolute atomic E-state index is 0.00527. The minimum Gasteiger partial charge on any atom is -0.858 e. The van der Waals surface area contributed by atoms with Crippen LogP contribution in [-0.4, -0.2) is 20.9 Å². The lowest BCUT2D eigenvalue weighted by atomic mass is 10.1. The number of hydrogen-bond donors (Lipinski definition) is 1. The quantitative estimate of drug-likeness (QED) is 0.476. The highest BCUT2D eigenvalue weighted by atomic mass is 32.2. The van der Waals surface area contributed by atoms with E-state index >= 15 is 0 Å². The molecule has 150 valence electrons. The van der Waals surface area contributed by atoms with Crippen LogP contribution >= 0.6 is 0 Å². The van der Waals surface area contributed by atoms with Gasteiger partial charge in [0.05, 0.1) is 10.6 Å². The van der Waals surface area contributed by atoms with E-state index in [1.165, 1.54) is 12.1 Å². The molecule has 0 aromatic heterocycles. The van der Waals surface area contributed by atoms with Crippen LogP contribution in [0, 0.1) is 11.6 Å². The molecule has 0 saturated carbocycles. The summed E-state index contributed by atoms with van der Waals surface area (Å²) < 4.78 is 53.7. The summed E-state index contributed by atoms with van der Waals surface area (Å²) in [6.07, 6.45) is 0.565. The van der Waals surface area contributed by atoms with Gasteiger partial charge in [0.2, 0.25) is 0 Å². The third kappa shape index (κ3) is 5.17. The number of aliphatic imine (C=N–C) groups is 1. The van der Waals surface area contributed by atoms with Gasteiger partial charge in [-0.2, -0.15) is 0 Å². The van der Waals surface area contributed by atoms with Crippen molar-refractivity contribution in [2.45, 2.75) is 11.3 Å². The molecule has 0 radical (unpaired) electrons. The lowest BCUT2D eigenvalue weighted by molar-refractivity contribution is -0.213. The van der Waals surface area contributed by atoms with Crippen LogP contribution in [-0.2, 0) is 16.4 Å². The number of sulfonamides is 1. The molecule has 3 rings (SSSR count). The smallest absolute Gasteiger partial charge is 0.262 e. The van der Waals surface area contributed by atoms with Gasteiger partial charge >= 0.3 is 0 Å². The van der Waals surface area contributed by atoms with Crippen LogP contribution in [0.15, 0.2) is 82.7 Å². The van der Waals surface area contributed by atoms with Crippen molar-refractivity contribution in [3.05, 3.63) is 95.6 Å². The number of halogens is 2. The van der Waals surface area contributed by atoms with E-state index in [4.69, 9.17) is 0 Å². The summed E-state index contributed by atoms with van der Waals surface area (Å²) in [7, 11) is -4.22. The molecule has 8 heteroatoms.